The molecule has 4 aromatic rings. The van der Waals surface area contributed by atoms with Gasteiger partial charge >= 0.3 is 0 Å². The largest absolute Gasteiger partial charge is 0.368 e. The van der Waals surface area contributed by atoms with E-state index in [-0.39, 0.29) is 11.9 Å². The molecule has 0 aliphatic rings. The Bertz CT molecular complexity index is 1180. The van der Waals surface area contributed by atoms with Crippen LogP contribution >= 0.6 is 0 Å². The van der Waals surface area contributed by atoms with E-state index in [1.165, 1.54) is 10.1 Å². The molecule has 8 nitrogen and oxygen atoms in total. The number of rotatable bonds is 11. The van der Waals surface area contributed by atoms with Gasteiger partial charge in [0.1, 0.15) is 0 Å². The van der Waals surface area contributed by atoms with Crippen LogP contribution in [0.2, 0.25) is 0 Å². The predicted molar refractivity (Wildman–Crippen MR) is 150 cm³/mol. The lowest BCUT2D eigenvalue weighted by molar-refractivity contribution is -0.485. The van der Waals surface area contributed by atoms with Crippen LogP contribution < -0.4 is 11.5 Å². The Kier molecular flexibility index (Phi) is 9.85. The lowest BCUT2D eigenvalue weighted by atomic mass is 10.2. The standard InChI is InChI=1S/C30H32N6O2/c31-29(33-21-25-13-5-1-6-14-25)35(23-27-17-9-3-10-18-27)37-38-36(24-28-19-11-4-12-20-28)30(32)34-22-26-15-7-2-8-16-26/h1-20H,21-24H2,(H2,31,33)(H2,32,34). The average molecular weight is 509 g/mol. The number of benzene rings is 4. The van der Waals surface area contributed by atoms with Crippen molar-refractivity contribution in [2.45, 2.75) is 26.2 Å². The summed E-state index contributed by atoms with van der Waals surface area (Å²) in [5.41, 5.74) is 16.7. The van der Waals surface area contributed by atoms with E-state index in [0.29, 0.717) is 26.2 Å². The number of aliphatic imine (C=N–C) groups is 2. The molecule has 38 heavy (non-hydrogen) atoms. The molecular formula is C30H32N6O2. The predicted octanol–water partition coefficient (Wildman–Crippen LogP) is 4.80. The molecule has 0 bridgehead atoms. The number of guanidine groups is 2. The fraction of sp³-hybridized carbons (Fsp3) is 0.133. The zero-order valence-electron chi connectivity index (χ0n) is 21.1. The zero-order chi connectivity index (χ0) is 26.4. The molecule has 0 saturated carbocycles. The van der Waals surface area contributed by atoms with Crippen molar-refractivity contribution in [1.82, 2.24) is 10.1 Å². The van der Waals surface area contributed by atoms with Crippen molar-refractivity contribution in [1.29, 1.82) is 0 Å². The quantitative estimate of drug-likeness (QED) is 0.131. The summed E-state index contributed by atoms with van der Waals surface area (Å²) in [6.07, 6.45) is 0. The van der Waals surface area contributed by atoms with Crippen LogP contribution in [0.4, 0.5) is 0 Å². The third-order valence-electron chi connectivity index (χ3n) is 5.60. The minimum Gasteiger partial charge on any atom is -0.368 e. The lowest BCUT2D eigenvalue weighted by Crippen LogP contribution is -2.43. The van der Waals surface area contributed by atoms with Crippen LogP contribution in [0.3, 0.4) is 0 Å². The summed E-state index contributed by atoms with van der Waals surface area (Å²) in [5, 5.41) is 2.78. The van der Waals surface area contributed by atoms with Crippen LogP contribution in [0.5, 0.6) is 0 Å². The molecule has 0 aliphatic heterocycles. The second-order valence-corrected chi connectivity index (χ2v) is 8.51. The summed E-state index contributed by atoms with van der Waals surface area (Å²) < 4.78 is 0. The van der Waals surface area contributed by atoms with Gasteiger partial charge in [-0.1, -0.05) is 131 Å². The first kappa shape index (κ1) is 26.4. The summed E-state index contributed by atoms with van der Waals surface area (Å²) in [6, 6.07) is 39.3. The van der Waals surface area contributed by atoms with Crippen LogP contribution in [-0.4, -0.2) is 22.0 Å². The van der Waals surface area contributed by atoms with Gasteiger partial charge in [0.05, 0.1) is 26.2 Å². The Morgan fingerprint density at radius 1 is 0.474 bits per heavy atom. The molecule has 0 radical (unpaired) electrons. The first-order chi connectivity index (χ1) is 18.7. The van der Waals surface area contributed by atoms with E-state index < -0.39 is 0 Å². The Balaban J connectivity index is 1.51. The van der Waals surface area contributed by atoms with Crippen LogP contribution in [0, 0.1) is 0 Å². The fourth-order valence-electron chi connectivity index (χ4n) is 3.54. The van der Waals surface area contributed by atoms with Gasteiger partial charge in [0.2, 0.25) is 11.9 Å². The molecule has 4 N–H and O–H groups in total. The van der Waals surface area contributed by atoms with Gasteiger partial charge in [-0.15, -0.1) is 0 Å². The maximum Gasteiger partial charge on any atom is 0.218 e. The van der Waals surface area contributed by atoms with Crippen molar-refractivity contribution in [3.05, 3.63) is 144 Å². The molecular weight excluding hydrogens is 476 g/mol. The highest BCUT2D eigenvalue weighted by Gasteiger charge is 2.17. The van der Waals surface area contributed by atoms with Gasteiger partial charge in [-0.05, 0) is 22.3 Å². The minimum atomic E-state index is 0.164. The van der Waals surface area contributed by atoms with E-state index >= 15 is 0 Å². The Hall–Kier alpha value is -4.66. The maximum atomic E-state index is 6.35. The summed E-state index contributed by atoms with van der Waals surface area (Å²) in [4.78, 5) is 20.5. The summed E-state index contributed by atoms with van der Waals surface area (Å²) in [5.74, 6) is 0.328. The highest BCUT2D eigenvalue weighted by molar-refractivity contribution is 5.77. The fourth-order valence-corrected chi connectivity index (χ4v) is 3.54. The average Bonchev–Trinajstić information content (AvgIpc) is 2.98. The van der Waals surface area contributed by atoms with Gasteiger partial charge in [0.25, 0.3) is 0 Å². The van der Waals surface area contributed by atoms with Crippen molar-refractivity contribution in [2.24, 2.45) is 21.5 Å². The molecule has 0 aliphatic carbocycles. The number of hydrogen-bond acceptors (Lipinski definition) is 4. The molecule has 0 heterocycles. The highest BCUT2D eigenvalue weighted by Crippen LogP contribution is 2.11. The van der Waals surface area contributed by atoms with Crippen molar-refractivity contribution in [3.8, 4) is 0 Å². The minimum absolute atomic E-state index is 0.164. The molecule has 4 rings (SSSR count). The van der Waals surface area contributed by atoms with Crippen LogP contribution in [0.1, 0.15) is 22.3 Å². The maximum absolute atomic E-state index is 6.35. The normalized spacial score (nSPS) is 11.8. The molecule has 0 spiro atoms. The van der Waals surface area contributed by atoms with Crippen molar-refractivity contribution < 1.29 is 9.98 Å². The van der Waals surface area contributed by atoms with Crippen LogP contribution in [-0.2, 0) is 36.2 Å². The highest BCUT2D eigenvalue weighted by atomic mass is 17.3. The molecule has 0 aromatic heterocycles. The Labute approximate surface area is 223 Å². The Morgan fingerprint density at radius 3 is 1.08 bits per heavy atom. The number of hydrogen-bond donors (Lipinski definition) is 2. The molecule has 0 saturated heterocycles. The second kappa shape index (κ2) is 14.2. The van der Waals surface area contributed by atoms with E-state index in [9.17, 15) is 0 Å². The number of nitrogens with two attached hydrogens (primary N) is 2. The van der Waals surface area contributed by atoms with Crippen molar-refractivity contribution in [3.63, 3.8) is 0 Å². The van der Waals surface area contributed by atoms with Gasteiger partial charge < -0.3 is 11.5 Å². The SMILES string of the molecule is NC(=NCc1ccccc1)N(Cc1ccccc1)OON(Cc1ccccc1)C(N)=NCc1ccccc1. The number of nitrogens with zero attached hydrogens (tertiary/aromatic N) is 4. The van der Waals surface area contributed by atoms with E-state index in [2.05, 4.69) is 9.98 Å². The Morgan fingerprint density at radius 2 is 0.763 bits per heavy atom. The monoisotopic (exact) mass is 508 g/mol. The summed E-state index contributed by atoms with van der Waals surface area (Å²) in [6.45, 7) is 1.42. The third kappa shape index (κ3) is 8.48. The third-order valence-corrected chi connectivity index (χ3v) is 5.60. The van der Waals surface area contributed by atoms with E-state index in [4.69, 9.17) is 21.4 Å². The van der Waals surface area contributed by atoms with Gasteiger partial charge in [0.15, 0.2) is 0 Å². The van der Waals surface area contributed by atoms with E-state index in [1.807, 2.05) is 121 Å². The van der Waals surface area contributed by atoms with Crippen LogP contribution in [0.15, 0.2) is 131 Å². The van der Waals surface area contributed by atoms with Crippen LogP contribution in [0.25, 0.3) is 0 Å². The summed E-state index contributed by atoms with van der Waals surface area (Å²) in [7, 11) is 0. The molecule has 0 atom stereocenters. The molecule has 0 unspecified atom stereocenters. The topological polar surface area (TPSA) is 102 Å². The van der Waals surface area contributed by atoms with E-state index in [0.717, 1.165) is 22.3 Å². The molecule has 4 aromatic carbocycles. The second-order valence-electron chi connectivity index (χ2n) is 8.51. The molecule has 194 valence electrons. The first-order valence-electron chi connectivity index (χ1n) is 12.3. The van der Waals surface area contributed by atoms with Crippen molar-refractivity contribution in [2.75, 3.05) is 0 Å². The molecule has 0 fully saturated rings. The summed E-state index contributed by atoms with van der Waals surface area (Å²) >= 11 is 0. The van der Waals surface area contributed by atoms with Gasteiger partial charge in [-0.25, -0.2) is 9.98 Å². The lowest BCUT2D eigenvalue weighted by Gasteiger charge is -2.26. The molecule has 0 amide bonds. The zero-order valence-corrected chi connectivity index (χ0v) is 21.1. The molecule has 8 heteroatoms. The van der Waals surface area contributed by atoms with Gasteiger partial charge in [-0.2, -0.15) is 10.1 Å². The first-order valence-corrected chi connectivity index (χ1v) is 12.3. The van der Waals surface area contributed by atoms with Crippen molar-refractivity contribution >= 4 is 11.9 Å². The number of hydroxylamine groups is 4. The van der Waals surface area contributed by atoms with E-state index in [1.54, 1.807) is 0 Å². The van der Waals surface area contributed by atoms with Gasteiger partial charge in [-0.3, -0.25) is 0 Å². The van der Waals surface area contributed by atoms with Gasteiger partial charge in [0, 0.05) is 0 Å². The smallest absolute Gasteiger partial charge is 0.218 e.